The fourth-order valence-corrected chi connectivity index (χ4v) is 4.69. The molecule has 1 aliphatic rings. The van der Waals surface area contributed by atoms with Gasteiger partial charge in [-0.1, -0.05) is 115 Å². The van der Waals surface area contributed by atoms with Gasteiger partial charge in [-0.05, 0) is 51.4 Å². The van der Waals surface area contributed by atoms with Crippen LogP contribution < -0.4 is 5.32 Å². The zero-order valence-corrected chi connectivity index (χ0v) is 23.8. The van der Waals surface area contributed by atoms with E-state index in [2.05, 4.69) is 43.5 Å². The Labute approximate surface area is 219 Å². The van der Waals surface area contributed by atoms with Crippen LogP contribution >= 0.6 is 0 Å². The highest BCUT2D eigenvalue weighted by atomic mass is 16.5. The lowest BCUT2D eigenvalue weighted by Crippen LogP contribution is -2.30. The monoisotopic (exact) mass is 491 g/mol. The topological polar surface area (TPSA) is 30.5 Å². The molecule has 1 saturated heterocycles. The molecule has 206 valence electrons. The van der Waals surface area contributed by atoms with Crippen LogP contribution in [0.1, 0.15) is 142 Å². The summed E-state index contributed by atoms with van der Waals surface area (Å²) in [5.74, 6) is 0. The maximum atomic E-state index is 6.17. The molecule has 2 atom stereocenters. The molecule has 0 amide bonds. The summed E-state index contributed by atoms with van der Waals surface area (Å²) >= 11 is 0. The molecule has 0 spiro atoms. The predicted octanol–water partition coefficient (Wildman–Crippen LogP) is 9.31. The molecule has 1 heterocycles. The molecule has 35 heavy (non-hydrogen) atoms. The van der Waals surface area contributed by atoms with Gasteiger partial charge in [-0.15, -0.1) is 0 Å². The largest absolute Gasteiger partial charge is 0.374 e. The molecule has 1 N–H and O–H groups in total. The summed E-state index contributed by atoms with van der Waals surface area (Å²) in [6.07, 6.45) is 36.2. The van der Waals surface area contributed by atoms with E-state index in [1.165, 1.54) is 128 Å². The third-order valence-electron chi connectivity index (χ3n) is 7.08. The average molecular weight is 492 g/mol. The Bertz CT molecular complexity index is 434. The molecule has 0 aromatic carbocycles. The highest BCUT2D eigenvalue weighted by molar-refractivity contribution is 4.83. The van der Waals surface area contributed by atoms with Crippen molar-refractivity contribution in [1.82, 2.24) is 5.32 Å². The van der Waals surface area contributed by atoms with Crippen molar-refractivity contribution in [1.29, 1.82) is 0 Å². The SMILES string of the molecule is CCCCC=CCCCCCCCCOC1CNCC1OCCCCCCCCC=CCCCC. The summed E-state index contributed by atoms with van der Waals surface area (Å²) in [7, 11) is 0. The fourth-order valence-electron chi connectivity index (χ4n) is 4.69. The minimum atomic E-state index is 0.250. The second-order valence-corrected chi connectivity index (χ2v) is 10.5. The van der Waals surface area contributed by atoms with Gasteiger partial charge in [-0.2, -0.15) is 0 Å². The first-order valence-electron chi connectivity index (χ1n) is 15.6. The van der Waals surface area contributed by atoms with Crippen LogP contribution in [0.2, 0.25) is 0 Å². The molecule has 1 aliphatic heterocycles. The van der Waals surface area contributed by atoms with Crippen molar-refractivity contribution in [2.75, 3.05) is 26.3 Å². The normalized spacial score (nSPS) is 18.5. The van der Waals surface area contributed by atoms with Crippen molar-refractivity contribution in [3.8, 4) is 0 Å². The lowest BCUT2D eigenvalue weighted by Gasteiger charge is -2.20. The second kappa shape index (κ2) is 26.4. The lowest BCUT2D eigenvalue weighted by molar-refractivity contribution is -0.0481. The molecule has 3 nitrogen and oxygen atoms in total. The van der Waals surface area contributed by atoms with Gasteiger partial charge in [0.1, 0.15) is 0 Å². The zero-order chi connectivity index (χ0) is 25.1. The molecule has 2 unspecified atom stereocenters. The number of ether oxygens (including phenoxy) is 2. The van der Waals surface area contributed by atoms with Gasteiger partial charge >= 0.3 is 0 Å². The molecule has 0 aromatic rings. The van der Waals surface area contributed by atoms with E-state index in [0.717, 1.165) is 26.3 Å². The van der Waals surface area contributed by atoms with Gasteiger partial charge in [0.15, 0.2) is 0 Å². The number of unbranched alkanes of at least 4 members (excludes halogenated alkanes) is 16. The van der Waals surface area contributed by atoms with E-state index in [-0.39, 0.29) is 12.2 Å². The van der Waals surface area contributed by atoms with E-state index in [4.69, 9.17) is 9.47 Å². The summed E-state index contributed by atoms with van der Waals surface area (Å²) in [6, 6.07) is 0. The Hall–Kier alpha value is -0.640. The van der Waals surface area contributed by atoms with Crippen molar-refractivity contribution in [3.63, 3.8) is 0 Å². The Morgan fingerprint density at radius 2 is 0.829 bits per heavy atom. The maximum absolute atomic E-state index is 6.17. The zero-order valence-electron chi connectivity index (χ0n) is 23.8. The van der Waals surface area contributed by atoms with Crippen molar-refractivity contribution in [2.45, 2.75) is 154 Å². The van der Waals surface area contributed by atoms with Crippen molar-refractivity contribution in [2.24, 2.45) is 0 Å². The highest BCUT2D eigenvalue weighted by Crippen LogP contribution is 2.14. The minimum Gasteiger partial charge on any atom is -0.374 e. The third kappa shape index (κ3) is 21.2. The van der Waals surface area contributed by atoms with Crippen LogP contribution in [0.25, 0.3) is 0 Å². The van der Waals surface area contributed by atoms with Gasteiger partial charge in [-0.3, -0.25) is 0 Å². The standard InChI is InChI=1S/C32H61NO2/c1-3-5-7-9-11-13-15-17-19-21-23-25-27-34-31-29-33-30-32(31)35-28-26-24-22-20-18-16-14-12-10-8-6-4-2/h9-12,31-33H,3-8,13-30H2,1-2H3. The first kappa shape index (κ1) is 32.4. The Morgan fingerprint density at radius 1 is 0.486 bits per heavy atom. The molecule has 0 saturated carbocycles. The quantitative estimate of drug-likeness (QED) is 0.0965. The van der Waals surface area contributed by atoms with Crippen LogP contribution in [-0.2, 0) is 9.47 Å². The van der Waals surface area contributed by atoms with E-state index in [0.29, 0.717) is 0 Å². The lowest BCUT2D eigenvalue weighted by atomic mass is 10.1. The van der Waals surface area contributed by atoms with E-state index in [9.17, 15) is 0 Å². The average Bonchev–Trinajstić information content (AvgIpc) is 3.32. The number of hydrogen-bond acceptors (Lipinski definition) is 3. The summed E-state index contributed by atoms with van der Waals surface area (Å²) < 4.78 is 12.3. The van der Waals surface area contributed by atoms with Gasteiger partial charge in [0, 0.05) is 26.3 Å². The Morgan fingerprint density at radius 3 is 1.23 bits per heavy atom. The van der Waals surface area contributed by atoms with Crippen LogP contribution in [-0.4, -0.2) is 38.5 Å². The summed E-state index contributed by atoms with van der Waals surface area (Å²) in [4.78, 5) is 0. The van der Waals surface area contributed by atoms with Gasteiger partial charge in [-0.25, -0.2) is 0 Å². The fraction of sp³-hybridized carbons (Fsp3) is 0.875. The van der Waals surface area contributed by atoms with Crippen molar-refractivity contribution >= 4 is 0 Å². The first-order chi connectivity index (χ1) is 17.4. The van der Waals surface area contributed by atoms with Gasteiger partial charge in [0.25, 0.3) is 0 Å². The minimum absolute atomic E-state index is 0.250. The third-order valence-corrected chi connectivity index (χ3v) is 7.08. The molecule has 0 aromatic heterocycles. The summed E-state index contributed by atoms with van der Waals surface area (Å²) in [5.41, 5.74) is 0. The van der Waals surface area contributed by atoms with Crippen LogP contribution in [0.3, 0.4) is 0 Å². The van der Waals surface area contributed by atoms with Crippen LogP contribution in [0, 0.1) is 0 Å². The molecular formula is C32H61NO2. The molecule has 1 rings (SSSR count). The first-order valence-corrected chi connectivity index (χ1v) is 15.6. The van der Waals surface area contributed by atoms with Crippen LogP contribution in [0.4, 0.5) is 0 Å². The number of rotatable bonds is 26. The summed E-state index contributed by atoms with van der Waals surface area (Å²) in [5, 5.41) is 3.45. The van der Waals surface area contributed by atoms with E-state index < -0.39 is 0 Å². The molecule has 0 radical (unpaired) electrons. The van der Waals surface area contributed by atoms with Gasteiger partial charge < -0.3 is 14.8 Å². The number of nitrogens with one attached hydrogen (secondary N) is 1. The van der Waals surface area contributed by atoms with Gasteiger partial charge in [0.05, 0.1) is 12.2 Å². The highest BCUT2D eigenvalue weighted by Gasteiger charge is 2.28. The molecule has 3 heteroatoms. The second-order valence-electron chi connectivity index (χ2n) is 10.5. The van der Waals surface area contributed by atoms with Crippen molar-refractivity contribution in [3.05, 3.63) is 24.3 Å². The van der Waals surface area contributed by atoms with Crippen molar-refractivity contribution < 1.29 is 9.47 Å². The molecule has 0 bridgehead atoms. The predicted molar refractivity (Wildman–Crippen MR) is 154 cm³/mol. The Kier molecular flexibility index (Phi) is 24.5. The Balaban J connectivity index is 1.86. The van der Waals surface area contributed by atoms with Crippen LogP contribution in [0.15, 0.2) is 24.3 Å². The smallest absolute Gasteiger partial charge is 0.0973 e. The van der Waals surface area contributed by atoms with E-state index in [1.54, 1.807) is 0 Å². The molecular weight excluding hydrogens is 430 g/mol. The number of allylic oxidation sites excluding steroid dienone is 4. The molecule has 0 aliphatic carbocycles. The van der Waals surface area contributed by atoms with Gasteiger partial charge in [0.2, 0.25) is 0 Å². The van der Waals surface area contributed by atoms with Crippen LogP contribution in [0.5, 0.6) is 0 Å². The maximum Gasteiger partial charge on any atom is 0.0973 e. The summed E-state index contributed by atoms with van der Waals surface area (Å²) in [6.45, 7) is 8.19. The van der Waals surface area contributed by atoms with E-state index >= 15 is 0 Å². The molecule has 1 fully saturated rings. The van der Waals surface area contributed by atoms with E-state index in [1.807, 2.05) is 0 Å². The number of hydrogen-bond donors (Lipinski definition) is 1.